The van der Waals surface area contributed by atoms with E-state index in [0.29, 0.717) is 11.3 Å². The van der Waals surface area contributed by atoms with Crippen LogP contribution in [0.1, 0.15) is 32.4 Å². The van der Waals surface area contributed by atoms with Gasteiger partial charge in [0, 0.05) is 23.6 Å². The Bertz CT molecular complexity index is 937. The Labute approximate surface area is 143 Å². The fourth-order valence-electron chi connectivity index (χ4n) is 1.97. The molecular formula is C16H9F3N4O3. The maximum atomic E-state index is 12.4. The van der Waals surface area contributed by atoms with Crippen molar-refractivity contribution in [1.29, 1.82) is 0 Å². The second-order valence-corrected chi connectivity index (χ2v) is 5.02. The first-order valence-corrected chi connectivity index (χ1v) is 7.11. The molecule has 3 rings (SSSR count). The molecule has 0 saturated carbocycles. The molecule has 3 aromatic rings. The molecule has 1 N–H and O–H groups in total. The number of alkyl halides is 3. The van der Waals surface area contributed by atoms with Crippen LogP contribution in [0.25, 0.3) is 0 Å². The summed E-state index contributed by atoms with van der Waals surface area (Å²) in [6, 6.07) is 8.68. The smallest absolute Gasteiger partial charge is 0.329 e. The zero-order valence-corrected chi connectivity index (χ0v) is 12.8. The van der Waals surface area contributed by atoms with E-state index in [1.165, 1.54) is 36.7 Å². The number of ketones is 1. The van der Waals surface area contributed by atoms with Gasteiger partial charge >= 0.3 is 12.1 Å². The molecule has 26 heavy (non-hydrogen) atoms. The number of hydrogen-bond donors (Lipinski definition) is 1. The lowest BCUT2D eigenvalue weighted by atomic mass is 10.1. The fraction of sp³-hybridized carbons (Fsp3) is 0.0625. The van der Waals surface area contributed by atoms with E-state index in [0.717, 1.165) is 0 Å². The highest BCUT2D eigenvalue weighted by atomic mass is 19.4. The lowest BCUT2D eigenvalue weighted by molar-refractivity contribution is -0.159. The summed E-state index contributed by atoms with van der Waals surface area (Å²) in [5.74, 6) is -3.54. The molecule has 2 aromatic heterocycles. The number of nitrogens with zero attached hydrogens (tertiary/aromatic N) is 3. The first kappa shape index (κ1) is 17.3. The zero-order chi connectivity index (χ0) is 18.7. The molecule has 132 valence electrons. The van der Waals surface area contributed by atoms with Crippen LogP contribution in [0.15, 0.2) is 53.3 Å². The number of hydrogen-bond acceptors (Lipinski definition) is 6. The molecule has 2 heterocycles. The maximum absolute atomic E-state index is 12.4. The highest BCUT2D eigenvalue weighted by molar-refractivity contribution is 6.07. The van der Waals surface area contributed by atoms with Gasteiger partial charge in [0.1, 0.15) is 0 Å². The third-order valence-electron chi connectivity index (χ3n) is 3.20. The van der Waals surface area contributed by atoms with Crippen molar-refractivity contribution in [2.24, 2.45) is 0 Å². The van der Waals surface area contributed by atoms with Crippen molar-refractivity contribution < 1.29 is 27.3 Å². The third kappa shape index (κ3) is 3.74. The Kier molecular flexibility index (Phi) is 4.48. The van der Waals surface area contributed by atoms with Crippen molar-refractivity contribution in [3.05, 3.63) is 71.6 Å². The van der Waals surface area contributed by atoms with Crippen molar-refractivity contribution in [3.8, 4) is 0 Å². The number of nitrogens with one attached hydrogen (secondary N) is 1. The van der Waals surface area contributed by atoms with Gasteiger partial charge in [-0.3, -0.25) is 14.6 Å². The number of pyridine rings is 1. The molecule has 0 spiro atoms. The number of halogens is 3. The summed E-state index contributed by atoms with van der Waals surface area (Å²) < 4.78 is 41.3. The van der Waals surface area contributed by atoms with Crippen LogP contribution in [0.3, 0.4) is 0 Å². The molecule has 0 aliphatic rings. The van der Waals surface area contributed by atoms with E-state index in [1.807, 2.05) is 0 Å². The molecule has 1 aromatic carbocycles. The number of anilines is 1. The summed E-state index contributed by atoms with van der Waals surface area (Å²) in [5.41, 5.74) is 0.775. The summed E-state index contributed by atoms with van der Waals surface area (Å²) in [4.78, 5) is 31.0. The van der Waals surface area contributed by atoms with E-state index >= 15 is 0 Å². The molecule has 10 heteroatoms. The van der Waals surface area contributed by atoms with Crippen molar-refractivity contribution >= 4 is 17.4 Å². The number of carbonyl (C=O) groups is 2. The molecule has 0 radical (unpaired) electrons. The number of benzene rings is 1. The van der Waals surface area contributed by atoms with Gasteiger partial charge < -0.3 is 9.84 Å². The van der Waals surface area contributed by atoms with Gasteiger partial charge in [0.25, 0.3) is 5.91 Å². The second kappa shape index (κ2) is 6.75. The van der Waals surface area contributed by atoms with Crippen LogP contribution in [0, 0.1) is 0 Å². The van der Waals surface area contributed by atoms with Gasteiger partial charge in [0.15, 0.2) is 0 Å². The second-order valence-electron chi connectivity index (χ2n) is 5.02. The van der Waals surface area contributed by atoms with Gasteiger partial charge in [-0.1, -0.05) is 5.16 Å². The average Bonchev–Trinajstić information content (AvgIpc) is 3.13. The van der Waals surface area contributed by atoms with Crippen LogP contribution >= 0.6 is 0 Å². The highest BCUT2D eigenvalue weighted by Crippen LogP contribution is 2.27. The monoisotopic (exact) mass is 362 g/mol. The van der Waals surface area contributed by atoms with Crippen molar-refractivity contribution in [2.75, 3.05) is 5.32 Å². The molecule has 0 saturated heterocycles. The summed E-state index contributed by atoms with van der Waals surface area (Å²) in [6.07, 6.45) is -1.91. The summed E-state index contributed by atoms with van der Waals surface area (Å²) in [5, 5.41) is 5.64. The van der Waals surface area contributed by atoms with Gasteiger partial charge in [0.05, 0.1) is 5.56 Å². The first-order valence-electron chi connectivity index (χ1n) is 7.11. The molecule has 0 aliphatic heterocycles. The minimum absolute atomic E-state index is 0.0406. The van der Waals surface area contributed by atoms with Gasteiger partial charge in [0.2, 0.25) is 11.6 Å². The van der Waals surface area contributed by atoms with Crippen LogP contribution in [-0.2, 0) is 6.18 Å². The molecular weight excluding hydrogens is 353 g/mol. The third-order valence-corrected chi connectivity index (χ3v) is 3.20. The maximum Gasteiger partial charge on any atom is 0.471 e. The molecule has 0 atom stereocenters. The van der Waals surface area contributed by atoms with Crippen LogP contribution < -0.4 is 5.32 Å². The number of amides is 1. The summed E-state index contributed by atoms with van der Waals surface area (Å²) in [7, 11) is 0. The average molecular weight is 362 g/mol. The minimum Gasteiger partial charge on any atom is -0.329 e. The Morgan fingerprint density at radius 3 is 2.35 bits per heavy atom. The van der Waals surface area contributed by atoms with Crippen LogP contribution in [0.4, 0.5) is 18.9 Å². The van der Waals surface area contributed by atoms with Gasteiger partial charge in [-0.15, -0.1) is 0 Å². The van der Waals surface area contributed by atoms with Crippen molar-refractivity contribution in [3.63, 3.8) is 0 Å². The summed E-state index contributed by atoms with van der Waals surface area (Å²) >= 11 is 0. The largest absolute Gasteiger partial charge is 0.471 e. The number of carbonyl (C=O) groups excluding carboxylic acids is 2. The van der Waals surface area contributed by atoms with Gasteiger partial charge in [-0.05, 0) is 36.4 Å². The topological polar surface area (TPSA) is 98.0 Å². The van der Waals surface area contributed by atoms with E-state index in [2.05, 4.69) is 25.0 Å². The molecule has 7 nitrogen and oxygen atoms in total. The van der Waals surface area contributed by atoms with Gasteiger partial charge in [-0.25, -0.2) is 0 Å². The minimum atomic E-state index is -4.83. The van der Waals surface area contributed by atoms with E-state index in [9.17, 15) is 22.8 Å². The van der Waals surface area contributed by atoms with Crippen molar-refractivity contribution in [2.45, 2.75) is 6.18 Å². The molecule has 0 fully saturated rings. The van der Waals surface area contributed by atoms with E-state index in [4.69, 9.17) is 0 Å². The number of rotatable bonds is 4. The SMILES string of the molecule is O=C(Nc1ccc(C(=O)c2noc(C(F)(F)F)n2)cc1)c1cccnc1. The van der Waals surface area contributed by atoms with E-state index in [1.54, 1.807) is 12.1 Å². The first-order chi connectivity index (χ1) is 12.3. The lowest BCUT2D eigenvalue weighted by Crippen LogP contribution is -2.12. The fourth-order valence-corrected chi connectivity index (χ4v) is 1.97. The Balaban J connectivity index is 1.72. The molecule has 0 aliphatic carbocycles. The predicted octanol–water partition coefficient (Wildman–Crippen LogP) is 2.97. The summed E-state index contributed by atoms with van der Waals surface area (Å²) in [6.45, 7) is 0. The van der Waals surface area contributed by atoms with E-state index in [-0.39, 0.29) is 5.56 Å². The van der Waals surface area contributed by atoms with Crippen LogP contribution in [-0.4, -0.2) is 26.8 Å². The predicted molar refractivity (Wildman–Crippen MR) is 81.4 cm³/mol. The van der Waals surface area contributed by atoms with Crippen molar-refractivity contribution in [1.82, 2.24) is 15.1 Å². The number of aromatic nitrogens is 3. The van der Waals surface area contributed by atoms with Gasteiger partial charge in [-0.2, -0.15) is 18.2 Å². The van der Waals surface area contributed by atoms with E-state index < -0.39 is 29.6 Å². The zero-order valence-electron chi connectivity index (χ0n) is 12.8. The Morgan fingerprint density at radius 1 is 1.04 bits per heavy atom. The van der Waals surface area contributed by atoms with Crippen LogP contribution in [0.5, 0.6) is 0 Å². The standard InChI is InChI=1S/C16H9F3N4O3/c17-16(18,19)15-22-13(23-26-15)12(24)9-3-5-11(6-4-9)21-14(25)10-2-1-7-20-8-10/h1-8H,(H,21,25). The molecule has 0 bridgehead atoms. The Morgan fingerprint density at radius 2 is 1.77 bits per heavy atom. The molecule has 0 unspecified atom stereocenters. The highest BCUT2D eigenvalue weighted by Gasteiger charge is 2.39. The Hall–Kier alpha value is -3.56. The van der Waals surface area contributed by atoms with Crippen LogP contribution in [0.2, 0.25) is 0 Å². The molecule has 1 amide bonds. The lowest BCUT2D eigenvalue weighted by Gasteiger charge is -2.05. The normalized spacial score (nSPS) is 11.2. The quantitative estimate of drug-likeness (QED) is 0.717.